The molecule has 0 amide bonds. The molecular formula is C20H25NO2. The van der Waals surface area contributed by atoms with Gasteiger partial charge in [-0.1, -0.05) is 44.2 Å². The average molecular weight is 311 g/mol. The smallest absolute Gasteiger partial charge is 0.164 e. The molecule has 2 aromatic rings. The van der Waals surface area contributed by atoms with Gasteiger partial charge in [0.05, 0.1) is 7.11 Å². The van der Waals surface area contributed by atoms with Crippen molar-refractivity contribution < 1.29 is 9.53 Å². The monoisotopic (exact) mass is 311 g/mol. The summed E-state index contributed by atoms with van der Waals surface area (Å²) in [7, 11) is 1.62. The molecule has 122 valence electrons. The molecule has 0 heterocycles. The van der Waals surface area contributed by atoms with Gasteiger partial charge < -0.3 is 10.1 Å². The van der Waals surface area contributed by atoms with Gasteiger partial charge in [0, 0.05) is 24.6 Å². The Labute approximate surface area is 138 Å². The molecule has 23 heavy (non-hydrogen) atoms. The molecule has 0 radical (unpaired) electrons. The summed E-state index contributed by atoms with van der Waals surface area (Å²) >= 11 is 0. The van der Waals surface area contributed by atoms with Crippen LogP contribution in [-0.4, -0.2) is 19.4 Å². The van der Waals surface area contributed by atoms with Crippen molar-refractivity contribution in [2.45, 2.75) is 26.3 Å². The van der Waals surface area contributed by atoms with Crippen molar-refractivity contribution in [2.75, 3.05) is 13.7 Å². The zero-order valence-corrected chi connectivity index (χ0v) is 14.1. The molecule has 3 nitrogen and oxygen atoms in total. The van der Waals surface area contributed by atoms with Gasteiger partial charge in [0.15, 0.2) is 5.78 Å². The molecule has 0 bridgehead atoms. The van der Waals surface area contributed by atoms with Crippen LogP contribution in [0.4, 0.5) is 0 Å². The highest BCUT2D eigenvalue weighted by molar-refractivity contribution is 5.96. The highest BCUT2D eigenvalue weighted by atomic mass is 16.5. The highest BCUT2D eigenvalue weighted by Crippen LogP contribution is 2.21. The van der Waals surface area contributed by atoms with E-state index in [0.717, 1.165) is 11.3 Å². The van der Waals surface area contributed by atoms with E-state index in [4.69, 9.17) is 4.74 Å². The summed E-state index contributed by atoms with van der Waals surface area (Å²) in [6.45, 7) is 5.05. The van der Waals surface area contributed by atoms with Crippen LogP contribution >= 0.6 is 0 Å². The van der Waals surface area contributed by atoms with Gasteiger partial charge in [-0.2, -0.15) is 0 Å². The van der Waals surface area contributed by atoms with Crippen LogP contribution in [0.2, 0.25) is 0 Å². The maximum Gasteiger partial charge on any atom is 0.164 e. The van der Waals surface area contributed by atoms with Gasteiger partial charge in [0.2, 0.25) is 0 Å². The number of ether oxygens (including phenoxy) is 1. The Kier molecular flexibility index (Phi) is 6.36. The lowest BCUT2D eigenvalue weighted by Crippen LogP contribution is -2.28. The topological polar surface area (TPSA) is 38.3 Å². The largest absolute Gasteiger partial charge is 0.497 e. The molecule has 0 fully saturated rings. The number of ketones is 1. The van der Waals surface area contributed by atoms with Crippen LogP contribution in [-0.2, 0) is 0 Å². The fourth-order valence-electron chi connectivity index (χ4n) is 2.66. The summed E-state index contributed by atoms with van der Waals surface area (Å²) in [4.78, 5) is 12.3. The zero-order valence-electron chi connectivity index (χ0n) is 14.1. The number of Topliss-reactive ketones (excluding diaryl/α,β-unsaturated/α-hetero) is 1. The summed E-state index contributed by atoms with van der Waals surface area (Å²) in [5.41, 5.74) is 1.99. The third-order valence-corrected chi connectivity index (χ3v) is 3.95. The summed E-state index contributed by atoms with van der Waals surface area (Å²) < 4.78 is 5.11. The Morgan fingerprint density at radius 2 is 1.70 bits per heavy atom. The maximum atomic E-state index is 12.3. The number of hydrogen-bond donors (Lipinski definition) is 1. The number of hydrogen-bond acceptors (Lipinski definition) is 3. The minimum Gasteiger partial charge on any atom is -0.497 e. The molecular weight excluding hydrogens is 286 g/mol. The Balaban J connectivity index is 1.90. The lowest BCUT2D eigenvalue weighted by Gasteiger charge is -2.23. The summed E-state index contributed by atoms with van der Waals surface area (Å²) in [5, 5.41) is 3.51. The fourth-order valence-corrected chi connectivity index (χ4v) is 2.66. The van der Waals surface area contributed by atoms with Gasteiger partial charge in [0.1, 0.15) is 5.75 Å². The predicted octanol–water partition coefficient (Wildman–Crippen LogP) is 4.25. The molecule has 0 saturated heterocycles. The highest BCUT2D eigenvalue weighted by Gasteiger charge is 2.15. The van der Waals surface area contributed by atoms with Crippen LogP contribution in [0.1, 0.15) is 42.2 Å². The standard InChI is InChI=1S/C20H25NO2/c1-15(2)20(17-7-5-4-6-8-17)21-14-13-19(22)16-9-11-18(23-3)12-10-16/h4-12,15,20-21H,13-14H2,1-3H3. The Morgan fingerprint density at radius 3 is 2.26 bits per heavy atom. The van der Waals surface area contributed by atoms with Crippen molar-refractivity contribution in [2.24, 2.45) is 5.92 Å². The quantitative estimate of drug-likeness (QED) is 0.740. The van der Waals surface area contributed by atoms with Gasteiger partial charge in [-0.25, -0.2) is 0 Å². The molecule has 1 unspecified atom stereocenters. The van der Waals surface area contributed by atoms with Gasteiger partial charge in [-0.15, -0.1) is 0 Å². The first-order chi connectivity index (χ1) is 11.1. The first kappa shape index (κ1) is 17.2. The van der Waals surface area contributed by atoms with Crippen LogP contribution in [0, 0.1) is 5.92 Å². The van der Waals surface area contributed by atoms with Crippen molar-refractivity contribution in [3.05, 3.63) is 65.7 Å². The first-order valence-electron chi connectivity index (χ1n) is 8.07. The van der Waals surface area contributed by atoms with E-state index >= 15 is 0 Å². The van der Waals surface area contributed by atoms with E-state index in [0.29, 0.717) is 18.9 Å². The van der Waals surface area contributed by atoms with Crippen LogP contribution in [0.3, 0.4) is 0 Å². The molecule has 0 aliphatic heterocycles. The lowest BCUT2D eigenvalue weighted by atomic mass is 9.96. The van der Waals surface area contributed by atoms with Crippen molar-refractivity contribution in [3.63, 3.8) is 0 Å². The number of nitrogens with one attached hydrogen (secondary N) is 1. The second kappa shape index (κ2) is 8.49. The second-order valence-electron chi connectivity index (χ2n) is 5.99. The van der Waals surface area contributed by atoms with E-state index in [1.807, 2.05) is 30.3 Å². The summed E-state index contributed by atoms with van der Waals surface area (Å²) in [6.07, 6.45) is 0.488. The molecule has 0 aromatic heterocycles. The van der Waals surface area contributed by atoms with Crippen LogP contribution in [0.5, 0.6) is 5.75 Å². The number of benzene rings is 2. The molecule has 0 spiro atoms. The van der Waals surface area contributed by atoms with Crippen molar-refractivity contribution in [1.29, 1.82) is 0 Å². The normalized spacial score (nSPS) is 12.2. The first-order valence-corrected chi connectivity index (χ1v) is 8.07. The van der Waals surface area contributed by atoms with E-state index in [1.54, 1.807) is 7.11 Å². The van der Waals surface area contributed by atoms with Crippen molar-refractivity contribution in [1.82, 2.24) is 5.32 Å². The van der Waals surface area contributed by atoms with E-state index in [9.17, 15) is 4.79 Å². The summed E-state index contributed by atoms with van der Waals surface area (Å²) in [5.74, 6) is 1.38. The molecule has 1 N–H and O–H groups in total. The number of rotatable bonds is 8. The second-order valence-corrected chi connectivity index (χ2v) is 5.99. The maximum absolute atomic E-state index is 12.3. The van der Waals surface area contributed by atoms with Crippen LogP contribution in [0.25, 0.3) is 0 Å². The summed E-state index contributed by atoms with van der Waals surface area (Å²) in [6, 6.07) is 17.9. The number of carbonyl (C=O) groups excluding carboxylic acids is 1. The molecule has 3 heteroatoms. The van der Waals surface area contributed by atoms with Gasteiger partial charge in [-0.05, 0) is 35.7 Å². The van der Waals surface area contributed by atoms with Gasteiger partial charge in [-0.3, -0.25) is 4.79 Å². The lowest BCUT2D eigenvalue weighted by molar-refractivity contribution is 0.0980. The van der Waals surface area contributed by atoms with Crippen LogP contribution < -0.4 is 10.1 Å². The third-order valence-electron chi connectivity index (χ3n) is 3.95. The fraction of sp³-hybridized carbons (Fsp3) is 0.350. The average Bonchev–Trinajstić information content (AvgIpc) is 2.59. The minimum atomic E-state index is 0.149. The zero-order chi connectivity index (χ0) is 16.7. The molecule has 1 atom stereocenters. The van der Waals surface area contributed by atoms with E-state index in [2.05, 4.69) is 43.4 Å². The van der Waals surface area contributed by atoms with E-state index < -0.39 is 0 Å². The number of methoxy groups -OCH3 is 1. The Bertz CT molecular complexity index is 605. The molecule has 0 aliphatic carbocycles. The molecule has 0 saturated carbocycles. The minimum absolute atomic E-state index is 0.149. The molecule has 2 aromatic carbocycles. The van der Waals surface area contributed by atoms with Gasteiger partial charge in [0.25, 0.3) is 0 Å². The molecule has 0 aliphatic rings. The Morgan fingerprint density at radius 1 is 1.04 bits per heavy atom. The Hall–Kier alpha value is -2.13. The van der Waals surface area contributed by atoms with Crippen molar-refractivity contribution >= 4 is 5.78 Å². The predicted molar refractivity (Wildman–Crippen MR) is 94.0 cm³/mol. The SMILES string of the molecule is COc1ccc(C(=O)CCNC(c2ccccc2)C(C)C)cc1. The van der Waals surface area contributed by atoms with Gasteiger partial charge >= 0.3 is 0 Å². The number of carbonyl (C=O) groups is 1. The third kappa shape index (κ3) is 4.93. The van der Waals surface area contributed by atoms with E-state index in [1.165, 1.54) is 5.56 Å². The molecule has 2 rings (SSSR count). The van der Waals surface area contributed by atoms with E-state index in [-0.39, 0.29) is 11.8 Å². The van der Waals surface area contributed by atoms with Crippen molar-refractivity contribution in [3.8, 4) is 5.75 Å². The van der Waals surface area contributed by atoms with Crippen LogP contribution in [0.15, 0.2) is 54.6 Å².